The predicted molar refractivity (Wildman–Crippen MR) is 71.3 cm³/mol. The third-order valence-corrected chi connectivity index (χ3v) is 4.93. The van der Waals surface area contributed by atoms with Gasteiger partial charge in [0.05, 0.1) is 5.88 Å². The molecule has 2 aromatic rings. The van der Waals surface area contributed by atoms with E-state index in [0.717, 1.165) is 15.9 Å². The standard InChI is InChI=1S/C11H10BrClN2S/c12-10-9-6-3-1-2-4-7(6)16-11(9)15-8(5-13)14-10/h1-5H2. The highest BCUT2D eigenvalue weighted by molar-refractivity contribution is 9.10. The zero-order valence-electron chi connectivity index (χ0n) is 8.59. The summed E-state index contributed by atoms with van der Waals surface area (Å²) in [5.41, 5.74) is 1.46. The molecule has 2 aromatic heterocycles. The van der Waals surface area contributed by atoms with Crippen LogP contribution in [-0.4, -0.2) is 9.97 Å². The first kappa shape index (κ1) is 10.9. The summed E-state index contributed by atoms with van der Waals surface area (Å²) >= 11 is 11.1. The van der Waals surface area contributed by atoms with E-state index in [-0.39, 0.29) is 0 Å². The highest BCUT2D eigenvalue weighted by Gasteiger charge is 2.19. The van der Waals surface area contributed by atoms with E-state index in [1.807, 2.05) is 0 Å². The normalized spacial score (nSPS) is 15.4. The third-order valence-electron chi connectivity index (χ3n) is 2.94. The van der Waals surface area contributed by atoms with Crippen molar-refractivity contribution in [2.75, 3.05) is 0 Å². The van der Waals surface area contributed by atoms with Crippen molar-refractivity contribution in [3.05, 3.63) is 20.9 Å². The summed E-state index contributed by atoms with van der Waals surface area (Å²) < 4.78 is 0.910. The lowest BCUT2D eigenvalue weighted by Crippen LogP contribution is -1.99. The summed E-state index contributed by atoms with van der Waals surface area (Å²) in [5.74, 6) is 1.08. The number of halogens is 2. The van der Waals surface area contributed by atoms with Crippen LogP contribution in [0.5, 0.6) is 0 Å². The first-order chi connectivity index (χ1) is 7.79. The van der Waals surface area contributed by atoms with Gasteiger partial charge >= 0.3 is 0 Å². The fourth-order valence-corrected chi connectivity index (χ4v) is 4.38. The zero-order valence-corrected chi connectivity index (χ0v) is 11.8. The van der Waals surface area contributed by atoms with Crippen molar-refractivity contribution in [3.63, 3.8) is 0 Å². The summed E-state index contributed by atoms with van der Waals surface area (Å²) in [4.78, 5) is 11.5. The molecular weight excluding hydrogens is 308 g/mol. The van der Waals surface area contributed by atoms with Crippen LogP contribution in [0.1, 0.15) is 29.1 Å². The number of thiophene rings is 1. The molecule has 0 N–H and O–H groups in total. The summed E-state index contributed by atoms with van der Waals surface area (Å²) in [6.07, 6.45) is 4.94. The molecule has 3 rings (SSSR count). The largest absolute Gasteiger partial charge is 0.224 e. The van der Waals surface area contributed by atoms with Gasteiger partial charge in [-0.15, -0.1) is 22.9 Å². The number of hydrogen-bond acceptors (Lipinski definition) is 3. The molecule has 1 aliphatic rings. The Labute approximate surface area is 111 Å². The van der Waals surface area contributed by atoms with Crippen molar-refractivity contribution in [2.45, 2.75) is 31.6 Å². The van der Waals surface area contributed by atoms with E-state index in [0.29, 0.717) is 11.7 Å². The van der Waals surface area contributed by atoms with Crippen LogP contribution in [-0.2, 0) is 18.7 Å². The van der Waals surface area contributed by atoms with Gasteiger partial charge in [-0.1, -0.05) is 0 Å². The third kappa shape index (κ3) is 1.67. The molecule has 0 fully saturated rings. The van der Waals surface area contributed by atoms with Crippen molar-refractivity contribution >= 4 is 49.1 Å². The number of aryl methyl sites for hydroxylation is 2. The molecule has 0 radical (unpaired) electrons. The van der Waals surface area contributed by atoms with Crippen LogP contribution in [0.2, 0.25) is 0 Å². The first-order valence-corrected chi connectivity index (χ1v) is 7.46. The maximum atomic E-state index is 5.78. The van der Waals surface area contributed by atoms with Gasteiger partial charge in [0.2, 0.25) is 0 Å². The van der Waals surface area contributed by atoms with Crippen LogP contribution < -0.4 is 0 Å². The van der Waals surface area contributed by atoms with Gasteiger partial charge in [0.25, 0.3) is 0 Å². The monoisotopic (exact) mass is 316 g/mol. The van der Waals surface area contributed by atoms with E-state index < -0.39 is 0 Å². The first-order valence-electron chi connectivity index (χ1n) is 5.32. The molecule has 0 saturated carbocycles. The summed E-state index contributed by atoms with van der Waals surface area (Å²) in [6.45, 7) is 0. The zero-order chi connectivity index (χ0) is 11.1. The fraction of sp³-hybridized carbons (Fsp3) is 0.455. The van der Waals surface area contributed by atoms with Crippen molar-refractivity contribution in [1.29, 1.82) is 0 Å². The number of fused-ring (bicyclic) bond motifs is 3. The quantitative estimate of drug-likeness (QED) is 0.585. The summed E-state index contributed by atoms with van der Waals surface area (Å²) in [7, 11) is 0. The number of alkyl halides is 1. The number of hydrogen-bond donors (Lipinski definition) is 0. The average molecular weight is 318 g/mol. The molecule has 5 heteroatoms. The molecule has 1 aliphatic carbocycles. The summed E-state index contributed by atoms with van der Waals surface area (Å²) in [6, 6.07) is 0. The number of aromatic nitrogens is 2. The average Bonchev–Trinajstić information content (AvgIpc) is 2.67. The molecule has 2 nitrogen and oxygen atoms in total. The van der Waals surface area contributed by atoms with Crippen LogP contribution in [0.25, 0.3) is 10.2 Å². The van der Waals surface area contributed by atoms with Gasteiger partial charge in [-0.2, -0.15) is 0 Å². The minimum atomic E-state index is 0.372. The topological polar surface area (TPSA) is 25.8 Å². The van der Waals surface area contributed by atoms with E-state index in [1.165, 1.54) is 35.1 Å². The summed E-state index contributed by atoms with van der Waals surface area (Å²) in [5, 5.41) is 1.22. The highest BCUT2D eigenvalue weighted by Crippen LogP contribution is 2.38. The smallest absolute Gasteiger partial charge is 0.146 e. The lowest BCUT2D eigenvalue weighted by atomic mass is 9.97. The van der Waals surface area contributed by atoms with Crippen LogP contribution in [0.4, 0.5) is 0 Å². The Kier molecular flexibility index (Phi) is 2.90. The molecule has 0 spiro atoms. The maximum Gasteiger partial charge on any atom is 0.146 e. The minimum absolute atomic E-state index is 0.372. The minimum Gasteiger partial charge on any atom is -0.224 e. The van der Waals surface area contributed by atoms with Crippen LogP contribution in [0, 0.1) is 0 Å². The Bertz CT molecular complexity index is 552. The van der Waals surface area contributed by atoms with Crippen LogP contribution in [0.15, 0.2) is 4.60 Å². The van der Waals surface area contributed by atoms with E-state index >= 15 is 0 Å². The van der Waals surface area contributed by atoms with E-state index in [1.54, 1.807) is 11.3 Å². The Hall–Kier alpha value is -0.190. The van der Waals surface area contributed by atoms with E-state index in [2.05, 4.69) is 25.9 Å². The Morgan fingerprint density at radius 3 is 2.88 bits per heavy atom. The second-order valence-electron chi connectivity index (χ2n) is 3.96. The van der Waals surface area contributed by atoms with Gasteiger partial charge < -0.3 is 0 Å². The second-order valence-corrected chi connectivity index (χ2v) is 6.06. The van der Waals surface area contributed by atoms with Crippen molar-refractivity contribution < 1.29 is 0 Å². The maximum absolute atomic E-state index is 5.78. The SMILES string of the molecule is ClCc1nc(Br)c2c3c(sc2n1)CCCC3. The second kappa shape index (κ2) is 4.24. The van der Waals surface area contributed by atoms with Gasteiger partial charge in [0.1, 0.15) is 15.3 Å². The number of nitrogens with zero attached hydrogens (tertiary/aromatic N) is 2. The molecule has 0 atom stereocenters. The molecule has 0 bridgehead atoms. The molecule has 2 heterocycles. The Morgan fingerprint density at radius 1 is 1.25 bits per heavy atom. The van der Waals surface area contributed by atoms with Crippen LogP contribution >= 0.6 is 38.9 Å². The molecule has 0 unspecified atom stereocenters. The Morgan fingerprint density at radius 2 is 2.06 bits per heavy atom. The molecule has 0 saturated heterocycles. The van der Waals surface area contributed by atoms with Gasteiger partial charge in [-0.3, -0.25) is 0 Å². The molecule has 0 aliphatic heterocycles. The predicted octanol–water partition coefficient (Wildman–Crippen LogP) is 4.07. The molecule has 0 amide bonds. The molecule has 84 valence electrons. The molecule has 0 aromatic carbocycles. The number of rotatable bonds is 1. The fourth-order valence-electron chi connectivity index (χ4n) is 2.21. The van der Waals surface area contributed by atoms with E-state index in [4.69, 9.17) is 11.6 Å². The lowest BCUT2D eigenvalue weighted by molar-refractivity contribution is 0.700. The lowest BCUT2D eigenvalue weighted by Gasteiger charge is -2.10. The van der Waals surface area contributed by atoms with Crippen molar-refractivity contribution in [3.8, 4) is 0 Å². The van der Waals surface area contributed by atoms with E-state index in [9.17, 15) is 0 Å². The van der Waals surface area contributed by atoms with Crippen molar-refractivity contribution in [1.82, 2.24) is 9.97 Å². The highest BCUT2D eigenvalue weighted by atomic mass is 79.9. The Balaban J connectivity index is 2.30. The van der Waals surface area contributed by atoms with Gasteiger partial charge in [0, 0.05) is 10.3 Å². The van der Waals surface area contributed by atoms with Crippen molar-refractivity contribution in [2.24, 2.45) is 0 Å². The van der Waals surface area contributed by atoms with Gasteiger partial charge in [-0.05, 0) is 47.2 Å². The van der Waals surface area contributed by atoms with Crippen LogP contribution in [0.3, 0.4) is 0 Å². The van der Waals surface area contributed by atoms with Gasteiger partial charge in [-0.25, -0.2) is 9.97 Å². The molecular formula is C11H10BrClN2S. The van der Waals surface area contributed by atoms with Gasteiger partial charge in [0.15, 0.2) is 0 Å². The molecule has 16 heavy (non-hydrogen) atoms.